The lowest BCUT2D eigenvalue weighted by atomic mass is 10.3. The Labute approximate surface area is 163 Å². The molecule has 0 aliphatic rings. The summed E-state index contributed by atoms with van der Waals surface area (Å²) in [5, 5.41) is 5.93. The first-order valence-electron chi connectivity index (χ1n) is 8.85. The summed E-state index contributed by atoms with van der Waals surface area (Å²) in [4.78, 5) is 20.8. The molecule has 0 bridgehead atoms. The minimum Gasteiger partial charge on any atom is -0.497 e. The number of carbonyl (C=O) groups excluding carboxylic acids is 1. The van der Waals surface area contributed by atoms with Crippen LogP contribution < -0.4 is 20.1 Å². The van der Waals surface area contributed by atoms with Crippen LogP contribution in [0.25, 0.3) is 0 Å². The Morgan fingerprint density at radius 1 is 1.00 bits per heavy atom. The number of anilines is 3. The van der Waals surface area contributed by atoms with Gasteiger partial charge in [-0.3, -0.25) is 4.79 Å². The van der Waals surface area contributed by atoms with E-state index in [1.807, 2.05) is 38.1 Å². The first-order chi connectivity index (χ1) is 13.5. The van der Waals surface area contributed by atoms with E-state index >= 15 is 0 Å². The molecule has 7 heteroatoms. The van der Waals surface area contributed by atoms with E-state index in [0.29, 0.717) is 11.5 Å². The standard InChI is InChI=1S/C21H22N4O3/c1-14(2)28-19-7-5-4-6-17(19)25-20-13-22-18(12-23-20)21(26)24-15-8-10-16(27-3)11-9-15/h4-14H,1-3H3,(H,23,25)(H,24,26). The van der Waals surface area contributed by atoms with Crippen molar-refractivity contribution in [3.63, 3.8) is 0 Å². The second kappa shape index (κ2) is 8.85. The number of carbonyl (C=O) groups is 1. The number of amides is 1. The number of rotatable bonds is 7. The van der Waals surface area contributed by atoms with E-state index in [2.05, 4.69) is 20.6 Å². The molecule has 0 saturated heterocycles. The van der Waals surface area contributed by atoms with Crippen LogP contribution in [0.4, 0.5) is 17.2 Å². The van der Waals surface area contributed by atoms with Crippen molar-refractivity contribution in [2.75, 3.05) is 17.7 Å². The summed E-state index contributed by atoms with van der Waals surface area (Å²) in [7, 11) is 1.59. The van der Waals surface area contributed by atoms with Crippen LogP contribution in [0, 0.1) is 0 Å². The van der Waals surface area contributed by atoms with Gasteiger partial charge >= 0.3 is 0 Å². The lowest BCUT2D eigenvalue weighted by molar-refractivity contribution is 0.102. The van der Waals surface area contributed by atoms with Gasteiger partial charge in [-0.05, 0) is 50.2 Å². The fourth-order valence-corrected chi connectivity index (χ4v) is 2.44. The van der Waals surface area contributed by atoms with Crippen LogP contribution in [0.2, 0.25) is 0 Å². The van der Waals surface area contributed by atoms with Crippen molar-refractivity contribution in [3.05, 3.63) is 66.6 Å². The average Bonchev–Trinajstić information content (AvgIpc) is 2.70. The monoisotopic (exact) mass is 378 g/mol. The topological polar surface area (TPSA) is 85.4 Å². The molecule has 1 aromatic heterocycles. The fraction of sp³-hybridized carbons (Fsp3) is 0.190. The highest BCUT2D eigenvalue weighted by molar-refractivity contribution is 6.02. The average molecular weight is 378 g/mol. The zero-order valence-electron chi connectivity index (χ0n) is 16.0. The zero-order chi connectivity index (χ0) is 19.9. The van der Waals surface area contributed by atoms with Crippen LogP contribution >= 0.6 is 0 Å². The molecule has 3 rings (SSSR count). The molecule has 0 aliphatic heterocycles. The van der Waals surface area contributed by atoms with Crippen molar-refractivity contribution >= 4 is 23.1 Å². The molecule has 0 atom stereocenters. The Balaban J connectivity index is 1.67. The third-order valence-electron chi connectivity index (χ3n) is 3.74. The minimum absolute atomic E-state index is 0.0538. The third-order valence-corrected chi connectivity index (χ3v) is 3.74. The van der Waals surface area contributed by atoms with Crippen molar-refractivity contribution in [3.8, 4) is 11.5 Å². The van der Waals surface area contributed by atoms with Gasteiger partial charge in [-0.15, -0.1) is 0 Å². The molecule has 3 aromatic rings. The van der Waals surface area contributed by atoms with Crippen molar-refractivity contribution in [2.45, 2.75) is 20.0 Å². The maximum atomic E-state index is 12.3. The molecular weight excluding hydrogens is 356 g/mol. The summed E-state index contributed by atoms with van der Waals surface area (Å²) in [6.45, 7) is 3.93. The predicted octanol–water partition coefficient (Wildman–Crippen LogP) is 4.27. The summed E-state index contributed by atoms with van der Waals surface area (Å²) in [6.07, 6.45) is 2.99. The number of ether oxygens (including phenoxy) is 2. The summed E-state index contributed by atoms with van der Waals surface area (Å²) < 4.78 is 10.9. The van der Waals surface area contributed by atoms with Gasteiger partial charge < -0.3 is 20.1 Å². The zero-order valence-corrected chi connectivity index (χ0v) is 16.0. The van der Waals surface area contributed by atoms with Crippen molar-refractivity contribution in [1.29, 1.82) is 0 Å². The normalized spacial score (nSPS) is 10.4. The quantitative estimate of drug-likeness (QED) is 0.639. The molecule has 0 saturated carbocycles. The molecule has 0 unspecified atom stereocenters. The molecule has 1 heterocycles. The number of benzene rings is 2. The third kappa shape index (κ3) is 4.97. The fourth-order valence-electron chi connectivity index (χ4n) is 2.44. The maximum Gasteiger partial charge on any atom is 0.275 e. The molecule has 2 aromatic carbocycles. The Bertz CT molecular complexity index is 925. The molecule has 0 radical (unpaired) electrons. The van der Waals surface area contributed by atoms with Crippen LogP contribution in [0.15, 0.2) is 60.9 Å². The van der Waals surface area contributed by atoms with Crippen LogP contribution in [0.3, 0.4) is 0 Å². The molecule has 0 spiro atoms. The van der Waals surface area contributed by atoms with Crippen LogP contribution in [0.5, 0.6) is 11.5 Å². The number of nitrogens with one attached hydrogen (secondary N) is 2. The smallest absolute Gasteiger partial charge is 0.275 e. The van der Waals surface area contributed by atoms with E-state index in [0.717, 1.165) is 17.2 Å². The second-order valence-electron chi connectivity index (χ2n) is 6.26. The first kappa shape index (κ1) is 19.2. The van der Waals surface area contributed by atoms with Crippen molar-refractivity contribution in [2.24, 2.45) is 0 Å². The molecule has 0 aliphatic carbocycles. The van der Waals surface area contributed by atoms with Gasteiger partial charge in [0, 0.05) is 5.69 Å². The Hall–Kier alpha value is -3.61. The predicted molar refractivity (Wildman–Crippen MR) is 108 cm³/mol. The molecule has 28 heavy (non-hydrogen) atoms. The van der Waals surface area contributed by atoms with Gasteiger partial charge in [-0.25, -0.2) is 9.97 Å². The summed E-state index contributed by atoms with van der Waals surface area (Å²) in [5.74, 6) is 1.61. The number of methoxy groups -OCH3 is 1. The Kier molecular flexibility index (Phi) is 6.06. The van der Waals surface area contributed by atoms with Crippen LogP contribution in [-0.2, 0) is 0 Å². The molecule has 0 fully saturated rings. The van der Waals surface area contributed by atoms with Crippen molar-refractivity contribution < 1.29 is 14.3 Å². The van der Waals surface area contributed by atoms with E-state index in [-0.39, 0.29) is 17.7 Å². The molecule has 1 amide bonds. The van der Waals surface area contributed by atoms with E-state index < -0.39 is 0 Å². The van der Waals surface area contributed by atoms with Crippen LogP contribution in [0.1, 0.15) is 24.3 Å². The van der Waals surface area contributed by atoms with E-state index in [1.54, 1.807) is 31.4 Å². The summed E-state index contributed by atoms with van der Waals surface area (Å²) >= 11 is 0. The molecular formula is C21H22N4O3. The van der Waals surface area contributed by atoms with Gasteiger partial charge in [0.25, 0.3) is 5.91 Å². The number of hydrogen-bond acceptors (Lipinski definition) is 6. The van der Waals surface area contributed by atoms with Crippen molar-refractivity contribution in [1.82, 2.24) is 9.97 Å². The highest BCUT2D eigenvalue weighted by Gasteiger charge is 2.10. The van der Waals surface area contributed by atoms with Gasteiger partial charge in [0.2, 0.25) is 0 Å². The number of nitrogens with zero attached hydrogens (tertiary/aromatic N) is 2. The lowest BCUT2D eigenvalue weighted by Crippen LogP contribution is -2.14. The Morgan fingerprint density at radius 2 is 1.75 bits per heavy atom. The first-order valence-corrected chi connectivity index (χ1v) is 8.85. The minimum atomic E-state index is -0.340. The molecule has 144 valence electrons. The van der Waals surface area contributed by atoms with Gasteiger partial charge in [0.1, 0.15) is 23.0 Å². The second-order valence-corrected chi connectivity index (χ2v) is 6.26. The highest BCUT2D eigenvalue weighted by atomic mass is 16.5. The Morgan fingerprint density at radius 3 is 2.39 bits per heavy atom. The largest absolute Gasteiger partial charge is 0.497 e. The van der Waals surface area contributed by atoms with Gasteiger partial charge in [-0.2, -0.15) is 0 Å². The van der Waals surface area contributed by atoms with Gasteiger partial charge in [0.05, 0.1) is 31.3 Å². The molecule has 7 nitrogen and oxygen atoms in total. The van der Waals surface area contributed by atoms with E-state index in [1.165, 1.54) is 12.4 Å². The number of aromatic nitrogens is 2. The maximum absolute atomic E-state index is 12.3. The summed E-state index contributed by atoms with van der Waals surface area (Å²) in [6, 6.07) is 14.6. The van der Waals surface area contributed by atoms with Crippen LogP contribution in [-0.4, -0.2) is 29.1 Å². The van der Waals surface area contributed by atoms with E-state index in [4.69, 9.17) is 9.47 Å². The highest BCUT2D eigenvalue weighted by Crippen LogP contribution is 2.27. The molecule has 2 N–H and O–H groups in total. The summed E-state index contributed by atoms with van der Waals surface area (Å²) in [5.41, 5.74) is 1.64. The number of para-hydroxylation sites is 2. The van der Waals surface area contributed by atoms with Gasteiger partial charge in [0.15, 0.2) is 0 Å². The van der Waals surface area contributed by atoms with E-state index in [9.17, 15) is 4.79 Å². The SMILES string of the molecule is COc1ccc(NC(=O)c2cnc(Nc3ccccc3OC(C)C)cn2)cc1. The lowest BCUT2D eigenvalue weighted by Gasteiger charge is -2.15. The van der Waals surface area contributed by atoms with Gasteiger partial charge in [-0.1, -0.05) is 12.1 Å². The number of hydrogen-bond donors (Lipinski definition) is 2.